The molecule has 0 spiro atoms. The Kier molecular flexibility index (Phi) is 5.30. The summed E-state index contributed by atoms with van der Waals surface area (Å²) < 4.78 is 5.50. The second kappa shape index (κ2) is 6.79. The van der Waals surface area contributed by atoms with Gasteiger partial charge in [0.15, 0.2) is 0 Å². The zero-order chi connectivity index (χ0) is 14.7. The van der Waals surface area contributed by atoms with Gasteiger partial charge in [-0.3, -0.25) is 4.90 Å². The average molecular weight is 297 g/mol. The summed E-state index contributed by atoms with van der Waals surface area (Å²) in [7, 11) is 1.69. The van der Waals surface area contributed by atoms with Gasteiger partial charge in [0.2, 0.25) is 0 Å². The highest BCUT2D eigenvalue weighted by atomic mass is 35.5. The fourth-order valence-electron chi connectivity index (χ4n) is 3.36. The van der Waals surface area contributed by atoms with Crippen LogP contribution in [-0.2, 0) is 0 Å². The fourth-order valence-corrected chi connectivity index (χ4v) is 3.65. The zero-order valence-corrected chi connectivity index (χ0v) is 13.4. The molecule has 1 aliphatic heterocycles. The zero-order valence-electron chi connectivity index (χ0n) is 12.6. The maximum atomic E-state index is 6.43. The molecule has 0 aromatic heterocycles. The fraction of sp³-hybridized carbons (Fsp3) is 0.625. The van der Waals surface area contributed by atoms with Gasteiger partial charge >= 0.3 is 0 Å². The lowest BCUT2D eigenvalue weighted by atomic mass is 9.97. The van der Waals surface area contributed by atoms with E-state index in [1.165, 1.54) is 12.8 Å². The third-order valence-electron chi connectivity index (χ3n) is 4.30. The number of rotatable bonds is 5. The van der Waals surface area contributed by atoms with Crippen LogP contribution in [0.2, 0.25) is 5.02 Å². The molecule has 2 N–H and O–H groups in total. The summed E-state index contributed by atoms with van der Waals surface area (Å²) in [5.74, 6) is 1.46. The number of likely N-dealkylation sites (tertiary alicyclic amines) is 1. The van der Waals surface area contributed by atoms with Gasteiger partial charge in [-0.2, -0.15) is 0 Å². The van der Waals surface area contributed by atoms with Crippen LogP contribution in [0, 0.1) is 5.92 Å². The first kappa shape index (κ1) is 15.6. The van der Waals surface area contributed by atoms with Crippen LogP contribution in [0.15, 0.2) is 18.2 Å². The Morgan fingerprint density at radius 1 is 1.45 bits per heavy atom. The monoisotopic (exact) mass is 296 g/mol. The van der Waals surface area contributed by atoms with Crippen LogP contribution in [0.1, 0.15) is 38.3 Å². The Morgan fingerprint density at radius 2 is 2.20 bits per heavy atom. The van der Waals surface area contributed by atoms with Crippen molar-refractivity contribution < 1.29 is 4.74 Å². The molecular formula is C16H25ClN2O. The summed E-state index contributed by atoms with van der Waals surface area (Å²) in [4.78, 5) is 2.51. The van der Waals surface area contributed by atoms with Gasteiger partial charge in [0.05, 0.1) is 13.2 Å². The molecule has 1 saturated heterocycles. The molecule has 4 heteroatoms. The van der Waals surface area contributed by atoms with Gasteiger partial charge < -0.3 is 10.5 Å². The van der Waals surface area contributed by atoms with E-state index in [1.54, 1.807) is 7.11 Å². The van der Waals surface area contributed by atoms with Crippen LogP contribution < -0.4 is 10.5 Å². The highest BCUT2D eigenvalue weighted by Gasteiger charge is 2.34. The molecule has 0 bridgehead atoms. The maximum Gasteiger partial charge on any atom is 0.125 e. The smallest absolute Gasteiger partial charge is 0.125 e. The van der Waals surface area contributed by atoms with Crippen molar-refractivity contribution >= 4 is 11.6 Å². The Hall–Kier alpha value is -0.770. The number of halogens is 1. The van der Waals surface area contributed by atoms with Crippen molar-refractivity contribution in [2.45, 2.75) is 38.8 Å². The van der Waals surface area contributed by atoms with Gasteiger partial charge in [-0.05, 0) is 37.4 Å². The van der Waals surface area contributed by atoms with Crippen LogP contribution in [0.3, 0.4) is 0 Å². The summed E-state index contributed by atoms with van der Waals surface area (Å²) >= 11 is 6.43. The van der Waals surface area contributed by atoms with Crippen molar-refractivity contribution in [3.05, 3.63) is 28.8 Å². The lowest BCUT2D eigenvalue weighted by Gasteiger charge is -2.35. The topological polar surface area (TPSA) is 38.5 Å². The molecule has 1 fully saturated rings. The molecule has 0 saturated carbocycles. The van der Waals surface area contributed by atoms with Gasteiger partial charge in [0, 0.05) is 23.2 Å². The molecule has 0 aliphatic carbocycles. The van der Waals surface area contributed by atoms with Crippen LogP contribution in [-0.4, -0.2) is 31.1 Å². The van der Waals surface area contributed by atoms with E-state index in [9.17, 15) is 0 Å². The largest absolute Gasteiger partial charge is 0.496 e. The molecule has 20 heavy (non-hydrogen) atoms. The summed E-state index contributed by atoms with van der Waals surface area (Å²) in [5, 5.41) is 0.745. The van der Waals surface area contributed by atoms with Gasteiger partial charge in [0.1, 0.15) is 5.75 Å². The minimum absolute atomic E-state index is 0.133. The third-order valence-corrected chi connectivity index (χ3v) is 4.63. The van der Waals surface area contributed by atoms with Crippen LogP contribution in [0.5, 0.6) is 5.75 Å². The van der Waals surface area contributed by atoms with Crippen molar-refractivity contribution in [1.29, 1.82) is 0 Å². The average Bonchev–Trinajstić information content (AvgIpc) is 2.90. The van der Waals surface area contributed by atoms with Gasteiger partial charge in [0.25, 0.3) is 0 Å². The first-order chi connectivity index (χ1) is 9.60. The van der Waals surface area contributed by atoms with Crippen molar-refractivity contribution in [3.63, 3.8) is 0 Å². The second-order valence-electron chi connectivity index (χ2n) is 5.80. The highest BCUT2D eigenvalue weighted by Crippen LogP contribution is 2.39. The molecule has 2 rings (SSSR count). The predicted molar refractivity (Wildman–Crippen MR) is 84.4 cm³/mol. The van der Waals surface area contributed by atoms with Crippen LogP contribution >= 0.6 is 11.6 Å². The SMILES string of the molecule is COc1cccc(Cl)c1C(CN)N1CCCC1C(C)C. The summed E-state index contributed by atoms with van der Waals surface area (Å²) in [6, 6.07) is 6.51. The number of nitrogens with two attached hydrogens (primary N) is 1. The van der Waals surface area contributed by atoms with E-state index in [4.69, 9.17) is 22.1 Å². The van der Waals surface area contributed by atoms with Gasteiger partial charge in [-0.15, -0.1) is 0 Å². The number of nitrogens with zero attached hydrogens (tertiary/aromatic N) is 1. The van der Waals surface area contributed by atoms with Crippen LogP contribution in [0.25, 0.3) is 0 Å². The van der Waals surface area contributed by atoms with E-state index in [2.05, 4.69) is 18.7 Å². The third kappa shape index (κ3) is 2.95. The lowest BCUT2D eigenvalue weighted by Crippen LogP contribution is -2.40. The lowest BCUT2D eigenvalue weighted by molar-refractivity contribution is 0.147. The Balaban J connectivity index is 2.37. The van der Waals surface area contributed by atoms with E-state index >= 15 is 0 Å². The molecule has 2 atom stereocenters. The first-order valence-electron chi connectivity index (χ1n) is 7.38. The van der Waals surface area contributed by atoms with E-state index in [-0.39, 0.29) is 6.04 Å². The van der Waals surface area contributed by atoms with E-state index < -0.39 is 0 Å². The molecule has 1 heterocycles. The maximum absolute atomic E-state index is 6.43. The summed E-state index contributed by atoms with van der Waals surface area (Å²) in [6.07, 6.45) is 2.47. The van der Waals surface area contributed by atoms with Crippen molar-refractivity contribution in [3.8, 4) is 5.75 Å². The number of hydrogen-bond donors (Lipinski definition) is 1. The highest BCUT2D eigenvalue weighted by molar-refractivity contribution is 6.31. The molecule has 2 unspecified atom stereocenters. The Bertz CT molecular complexity index is 450. The number of ether oxygens (including phenoxy) is 1. The van der Waals surface area contributed by atoms with Gasteiger partial charge in [-0.25, -0.2) is 0 Å². The Labute approximate surface area is 127 Å². The number of hydrogen-bond acceptors (Lipinski definition) is 3. The number of methoxy groups -OCH3 is 1. The molecule has 112 valence electrons. The first-order valence-corrected chi connectivity index (χ1v) is 7.76. The molecule has 3 nitrogen and oxygen atoms in total. The predicted octanol–water partition coefficient (Wildman–Crippen LogP) is 3.47. The summed E-state index contributed by atoms with van der Waals surface area (Å²) in [5.41, 5.74) is 7.12. The van der Waals surface area contributed by atoms with E-state index in [0.29, 0.717) is 18.5 Å². The molecule has 1 aromatic rings. The van der Waals surface area contributed by atoms with Crippen LogP contribution in [0.4, 0.5) is 0 Å². The minimum Gasteiger partial charge on any atom is -0.496 e. The minimum atomic E-state index is 0.133. The molecule has 1 aromatic carbocycles. The molecule has 0 radical (unpaired) electrons. The standard InChI is InChI=1S/C16H25ClN2O/c1-11(2)13-7-5-9-19(13)14(10-18)16-12(17)6-4-8-15(16)20-3/h4,6,8,11,13-14H,5,7,9-10,18H2,1-3H3. The quantitative estimate of drug-likeness (QED) is 0.904. The van der Waals surface area contributed by atoms with Crippen molar-refractivity contribution in [2.24, 2.45) is 11.7 Å². The summed E-state index contributed by atoms with van der Waals surface area (Å²) in [6.45, 7) is 6.20. The normalized spacial score (nSPS) is 21.4. The number of benzene rings is 1. The molecular weight excluding hydrogens is 272 g/mol. The van der Waals surface area contributed by atoms with Gasteiger partial charge in [-0.1, -0.05) is 31.5 Å². The van der Waals surface area contributed by atoms with E-state index in [1.807, 2.05) is 18.2 Å². The Morgan fingerprint density at radius 3 is 2.80 bits per heavy atom. The van der Waals surface area contributed by atoms with Crippen molar-refractivity contribution in [2.75, 3.05) is 20.2 Å². The molecule has 1 aliphatic rings. The molecule has 0 amide bonds. The second-order valence-corrected chi connectivity index (χ2v) is 6.21. The van der Waals surface area contributed by atoms with E-state index in [0.717, 1.165) is 22.9 Å². The van der Waals surface area contributed by atoms with Crippen molar-refractivity contribution in [1.82, 2.24) is 4.90 Å².